The van der Waals surface area contributed by atoms with E-state index in [-0.39, 0.29) is 0 Å². The molecule has 0 saturated heterocycles. The molecule has 0 bridgehead atoms. The Morgan fingerprint density at radius 3 is 2.87 bits per heavy atom. The van der Waals surface area contributed by atoms with Crippen molar-refractivity contribution in [2.75, 3.05) is 12.3 Å². The van der Waals surface area contributed by atoms with Crippen molar-refractivity contribution in [1.82, 2.24) is 9.55 Å². The largest absolute Gasteiger partial charge is 0.399 e. The Labute approximate surface area is 88.9 Å². The van der Waals surface area contributed by atoms with E-state index in [2.05, 4.69) is 16.5 Å². The van der Waals surface area contributed by atoms with Gasteiger partial charge in [-0.25, -0.2) is 4.98 Å². The van der Waals surface area contributed by atoms with Gasteiger partial charge in [0.25, 0.3) is 0 Å². The zero-order valence-electron chi connectivity index (χ0n) is 8.90. The Kier molecular flexibility index (Phi) is 2.60. The lowest BCUT2D eigenvalue weighted by atomic mass is 10.3. The van der Waals surface area contributed by atoms with E-state index in [9.17, 15) is 0 Å². The molecule has 0 saturated carbocycles. The SMILES string of the molecule is CCn1c(CCN)nc2ccc(N)cc21. The number of hydrogen-bond acceptors (Lipinski definition) is 3. The van der Waals surface area contributed by atoms with Gasteiger partial charge in [-0.15, -0.1) is 0 Å². The van der Waals surface area contributed by atoms with E-state index in [1.165, 1.54) is 0 Å². The number of benzene rings is 1. The monoisotopic (exact) mass is 204 g/mol. The second-order valence-electron chi connectivity index (χ2n) is 3.56. The molecule has 0 spiro atoms. The molecule has 0 aliphatic rings. The topological polar surface area (TPSA) is 69.9 Å². The van der Waals surface area contributed by atoms with Gasteiger partial charge in [0.15, 0.2) is 0 Å². The zero-order valence-corrected chi connectivity index (χ0v) is 8.90. The number of nitrogen functional groups attached to an aromatic ring is 1. The Balaban J connectivity index is 2.63. The van der Waals surface area contributed by atoms with E-state index < -0.39 is 0 Å². The minimum atomic E-state index is 0.624. The van der Waals surface area contributed by atoms with Crippen LogP contribution in [0.4, 0.5) is 5.69 Å². The quantitative estimate of drug-likeness (QED) is 0.736. The number of imidazole rings is 1. The van der Waals surface area contributed by atoms with Crippen LogP contribution in [0.1, 0.15) is 12.7 Å². The van der Waals surface area contributed by atoms with Crippen molar-refractivity contribution < 1.29 is 0 Å². The van der Waals surface area contributed by atoms with Crippen molar-refractivity contribution in [3.05, 3.63) is 24.0 Å². The molecule has 0 radical (unpaired) electrons. The second kappa shape index (κ2) is 3.90. The van der Waals surface area contributed by atoms with Crippen LogP contribution in [-0.2, 0) is 13.0 Å². The molecular weight excluding hydrogens is 188 g/mol. The molecule has 15 heavy (non-hydrogen) atoms. The number of nitrogens with two attached hydrogens (primary N) is 2. The van der Waals surface area contributed by atoms with E-state index in [0.717, 1.165) is 35.5 Å². The molecule has 4 heteroatoms. The summed E-state index contributed by atoms with van der Waals surface area (Å²) in [6.07, 6.45) is 0.808. The third-order valence-corrected chi connectivity index (χ3v) is 2.54. The Hall–Kier alpha value is -1.55. The summed E-state index contributed by atoms with van der Waals surface area (Å²) in [4.78, 5) is 4.54. The third kappa shape index (κ3) is 1.68. The summed E-state index contributed by atoms with van der Waals surface area (Å²) >= 11 is 0. The number of fused-ring (bicyclic) bond motifs is 1. The molecule has 80 valence electrons. The maximum atomic E-state index is 5.76. The first-order valence-electron chi connectivity index (χ1n) is 5.21. The van der Waals surface area contributed by atoms with Gasteiger partial charge in [-0.05, 0) is 31.7 Å². The molecule has 4 N–H and O–H groups in total. The van der Waals surface area contributed by atoms with Gasteiger partial charge in [-0.2, -0.15) is 0 Å². The summed E-state index contributed by atoms with van der Waals surface area (Å²) in [6.45, 7) is 3.62. The number of hydrogen-bond donors (Lipinski definition) is 2. The number of anilines is 1. The summed E-state index contributed by atoms with van der Waals surface area (Å²) < 4.78 is 2.17. The van der Waals surface area contributed by atoms with Gasteiger partial charge in [0.1, 0.15) is 5.82 Å². The highest BCUT2D eigenvalue weighted by molar-refractivity contribution is 5.79. The van der Waals surface area contributed by atoms with Crippen LogP contribution in [0.5, 0.6) is 0 Å². The second-order valence-corrected chi connectivity index (χ2v) is 3.56. The highest BCUT2D eigenvalue weighted by Gasteiger charge is 2.08. The summed E-state index contributed by atoms with van der Waals surface area (Å²) in [7, 11) is 0. The highest BCUT2D eigenvalue weighted by Crippen LogP contribution is 2.19. The van der Waals surface area contributed by atoms with E-state index in [1.54, 1.807) is 0 Å². The Morgan fingerprint density at radius 1 is 1.40 bits per heavy atom. The van der Waals surface area contributed by atoms with Crippen LogP contribution in [0.15, 0.2) is 18.2 Å². The Bertz CT molecular complexity index is 473. The molecule has 1 aromatic heterocycles. The fourth-order valence-electron chi connectivity index (χ4n) is 1.86. The summed E-state index contributed by atoms with van der Waals surface area (Å²) in [5, 5.41) is 0. The predicted molar refractivity (Wildman–Crippen MR) is 62.6 cm³/mol. The minimum absolute atomic E-state index is 0.624. The third-order valence-electron chi connectivity index (χ3n) is 2.54. The first-order chi connectivity index (χ1) is 7.26. The molecule has 0 aliphatic carbocycles. The average Bonchev–Trinajstić information content (AvgIpc) is 2.55. The predicted octanol–water partition coefficient (Wildman–Crippen LogP) is 1.14. The maximum Gasteiger partial charge on any atom is 0.111 e. The fraction of sp³-hybridized carbons (Fsp3) is 0.364. The fourth-order valence-corrected chi connectivity index (χ4v) is 1.86. The lowest BCUT2D eigenvalue weighted by Gasteiger charge is -2.04. The van der Waals surface area contributed by atoms with Crippen LogP contribution >= 0.6 is 0 Å². The van der Waals surface area contributed by atoms with Gasteiger partial charge in [-0.3, -0.25) is 0 Å². The molecule has 1 heterocycles. The molecule has 2 rings (SSSR count). The first-order valence-corrected chi connectivity index (χ1v) is 5.21. The van der Waals surface area contributed by atoms with Crippen LogP contribution in [0.2, 0.25) is 0 Å². The van der Waals surface area contributed by atoms with Crippen LogP contribution in [0.25, 0.3) is 11.0 Å². The zero-order chi connectivity index (χ0) is 10.8. The van der Waals surface area contributed by atoms with Gasteiger partial charge in [0.2, 0.25) is 0 Å². The van der Waals surface area contributed by atoms with Gasteiger partial charge in [-0.1, -0.05) is 0 Å². The molecule has 0 fully saturated rings. The number of aromatic nitrogens is 2. The van der Waals surface area contributed by atoms with Crippen molar-refractivity contribution in [1.29, 1.82) is 0 Å². The average molecular weight is 204 g/mol. The van der Waals surface area contributed by atoms with E-state index >= 15 is 0 Å². The number of aryl methyl sites for hydroxylation is 1. The van der Waals surface area contributed by atoms with Crippen LogP contribution < -0.4 is 11.5 Å². The first kappa shape index (κ1) is 9.98. The summed E-state index contributed by atoms with van der Waals surface area (Å²) in [5.74, 6) is 1.04. The van der Waals surface area contributed by atoms with Crippen molar-refractivity contribution in [3.8, 4) is 0 Å². The minimum Gasteiger partial charge on any atom is -0.399 e. The maximum absolute atomic E-state index is 5.76. The van der Waals surface area contributed by atoms with E-state index in [4.69, 9.17) is 11.5 Å². The van der Waals surface area contributed by atoms with Crippen molar-refractivity contribution in [2.45, 2.75) is 19.9 Å². The lowest BCUT2D eigenvalue weighted by Crippen LogP contribution is -2.09. The van der Waals surface area contributed by atoms with Gasteiger partial charge in [0.05, 0.1) is 11.0 Å². The van der Waals surface area contributed by atoms with Crippen LogP contribution in [-0.4, -0.2) is 16.1 Å². The summed E-state index contributed by atoms with van der Waals surface area (Å²) in [5.41, 5.74) is 14.2. The van der Waals surface area contributed by atoms with Gasteiger partial charge < -0.3 is 16.0 Å². The van der Waals surface area contributed by atoms with Crippen molar-refractivity contribution >= 4 is 16.7 Å². The smallest absolute Gasteiger partial charge is 0.111 e. The van der Waals surface area contributed by atoms with E-state index in [1.807, 2.05) is 18.2 Å². The molecule has 2 aromatic rings. The molecule has 0 unspecified atom stereocenters. The molecule has 4 nitrogen and oxygen atoms in total. The Morgan fingerprint density at radius 2 is 2.20 bits per heavy atom. The molecule has 0 atom stereocenters. The van der Waals surface area contributed by atoms with E-state index in [0.29, 0.717) is 6.54 Å². The standard InChI is InChI=1S/C11H16N4/c1-2-15-10-7-8(13)3-4-9(10)14-11(15)5-6-12/h3-4,7H,2,5-6,12-13H2,1H3. The van der Waals surface area contributed by atoms with Crippen LogP contribution in [0, 0.1) is 0 Å². The van der Waals surface area contributed by atoms with Crippen LogP contribution in [0.3, 0.4) is 0 Å². The highest BCUT2D eigenvalue weighted by atomic mass is 15.1. The molecule has 1 aromatic carbocycles. The molecule has 0 aliphatic heterocycles. The number of rotatable bonds is 3. The number of nitrogens with zero attached hydrogens (tertiary/aromatic N) is 2. The normalized spacial score (nSPS) is 11.1. The summed E-state index contributed by atoms with van der Waals surface area (Å²) in [6, 6.07) is 5.80. The van der Waals surface area contributed by atoms with Crippen molar-refractivity contribution in [3.63, 3.8) is 0 Å². The van der Waals surface area contributed by atoms with Gasteiger partial charge in [0, 0.05) is 18.7 Å². The van der Waals surface area contributed by atoms with Gasteiger partial charge >= 0.3 is 0 Å². The molecule has 0 amide bonds. The van der Waals surface area contributed by atoms with Crippen molar-refractivity contribution in [2.24, 2.45) is 5.73 Å². The molecular formula is C11H16N4. The lowest BCUT2D eigenvalue weighted by molar-refractivity contribution is 0.711.